The Morgan fingerprint density at radius 2 is 1.70 bits per heavy atom. The Morgan fingerprint density at radius 3 is 2.27 bits per heavy atom. The van der Waals surface area contributed by atoms with Crippen molar-refractivity contribution in [1.29, 1.82) is 0 Å². The van der Waals surface area contributed by atoms with Gasteiger partial charge in [-0.25, -0.2) is 9.10 Å². The summed E-state index contributed by atoms with van der Waals surface area (Å²) >= 11 is 2.07. The Bertz CT molecular complexity index is 819. The smallest absolute Gasteiger partial charge is 0.407 e. The van der Waals surface area contributed by atoms with Crippen molar-refractivity contribution in [3.8, 4) is 0 Å². The lowest BCUT2D eigenvalue weighted by atomic mass is 9.99. The van der Waals surface area contributed by atoms with Crippen molar-refractivity contribution in [3.05, 3.63) is 23.8 Å². The molecule has 2 unspecified atom stereocenters. The molecule has 230 valence electrons. The van der Waals surface area contributed by atoms with Crippen molar-refractivity contribution in [3.63, 3.8) is 0 Å². The van der Waals surface area contributed by atoms with Crippen molar-refractivity contribution in [2.45, 2.75) is 130 Å². The molecular weight excluding hydrogens is 520 g/mol. The Morgan fingerprint density at radius 1 is 1.07 bits per heavy atom. The summed E-state index contributed by atoms with van der Waals surface area (Å²) in [5, 5.41) is 6.18. The van der Waals surface area contributed by atoms with E-state index in [0.717, 1.165) is 68.8 Å². The maximum absolute atomic E-state index is 12.7. The maximum Gasteiger partial charge on any atom is 0.407 e. The van der Waals surface area contributed by atoms with E-state index in [1.165, 1.54) is 31.4 Å². The molecule has 8 heteroatoms. The minimum atomic E-state index is -0.448. The molecule has 3 rings (SSSR count). The number of alkyl carbamates (subject to hydrolysis) is 1. The van der Waals surface area contributed by atoms with Gasteiger partial charge in [-0.1, -0.05) is 57.4 Å². The minimum absolute atomic E-state index is 0.0696. The number of ether oxygens (including phenoxy) is 1. The SMILES string of the molecule is C=C(/C=C(\C)C(=O)NC1CC2CCC(C1)N2SCC1CCN(CCCNC(=O)OC(C)(C)C)CC1)CCC.CC. The number of rotatable bonds is 12. The third-order valence-corrected chi connectivity index (χ3v) is 9.35. The van der Waals surface area contributed by atoms with Crippen molar-refractivity contribution in [2.75, 3.05) is 31.9 Å². The van der Waals surface area contributed by atoms with E-state index in [9.17, 15) is 9.59 Å². The van der Waals surface area contributed by atoms with Crippen LogP contribution in [0.1, 0.15) is 106 Å². The summed E-state index contributed by atoms with van der Waals surface area (Å²) in [6.07, 6.45) is 11.7. The fourth-order valence-corrected chi connectivity index (χ4v) is 7.42. The van der Waals surface area contributed by atoms with Crippen LogP contribution in [0.2, 0.25) is 0 Å². The third-order valence-electron chi connectivity index (χ3n) is 7.84. The van der Waals surface area contributed by atoms with Gasteiger partial charge in [-0.05, 0) is 105 Å². The van der Waals surface area contributed by atoms with Gasteiger partial charge in [0.15, 0.2) is 0 Å². The summed E-state index contributed by atoms with van der Waals surface area (Å²) in [7, 11) is 0. The lowest BCUT2D eigenvalue weighted by Crippen LogP contribution is -2.48. The number of carbonyl (C=O) groups is 2. The molecule has 3 aliphatic rings. The number of likely N-dealkylation sites (tertiary alicyclic amines) is 1. The number of nitrogens with zero attached hydrogens (tertiary/aromatic N) is 2. The number of nitrogens with one attached hydrogen (secondary N) is 2. The highest BCUT2D eigenvalue weighted by Crippen LogP contribution is 2.41. The molecular formula is C32H58N4O3S. The van der Waals surface area contributed by atoms with E-state index in [4.69, 9.17) is 4.74 Å². The largest absolute Gasteiger partial charge is 0.444 e. The van der Waals surface area contributed by atoms with Gasteiger partial charge in [0, 0.05) is 36.0 Å². The molecule has 3 heterocycles. The first-order valence-electron chi connectivity index (χ1n) is 15.8. The Kier molecular flexibility index (Phi) is 15.1. The van der Waals surface area contributed by atoms with E-state index in [0.29, 0.717) is 18.6 Å². The van der Waals surface area contributed by atoms with Crippen LogP contribution in [-0.2, 0) is 9.53 Å². The van der Waals surface area contributed by atoms with Crippen LogP contribution in [0.4, 0.5) is 4.79 Å². The molecule has 3 aliphatic heterocycles. The zero-order valence-electron chi connectivity index (χ0n) is 26.5. The van der Waals surface area contributed by atoms with Crippen molar-refractivity contribution in [1.82, 2.24) is 19.8 Å². The van der Waals surface area contributed by atoms with Crippen LogP contribution < -0.4 is 10.6 Å². The van der Waals surface area contributed by atoms with Crippen LogP contribution in [0, 0.1) is 5.92 Å². The molecule has 0 saturated carbocycles. The van der Waals surface area contributed by atoms with Crippen molar-refractivity contribution < 1.29 is 14.3 Å². The number of hydrogen-bond donors (Lipinski definition) is 2. The molecule has 7 nitrogen and oxygen atoms in total. The van der Waals surface area contributed by atoms with Crippen molar-refractivity contribution >= 4 is 23.9 Å². The number of fused-ring (bicyclic) bond motifs is 2. The average Bonchev–Trinajstić information content (AvgIpc) is 3.13. The second-order valence-corrected chi connectivity index (χ2v) is 13.5. The second kappa shape index (κ2) is 17.4. The molecule has 0 aromatic heterocycles. The zero-order valence-corrected chi connectivity index (χ0v) is 27.3. The van der Waals surface area contributed by atoms with Crippen LogP contribution in [0.25, 0.3) is 0 Å². The highest BCUT2D eigenvalue weighted by molar-refractivity contribution is 7.97. The molecule has 2 amide bonds. The van der Waals surface area contributed by atoms with E-state index in [-0.39, 0.29) is 18.0 Å². The van der Waals surface area contributed by atoms with Crippen LogP contribution in [0.5, 0.6) is 0 Å². The molecule has 2 bridgehead atoms. The minimum Gasteiger partial charge on any atom is -0.444 e. The van der Waals surface area contributed by atoms with E-state index in [2.05, 4.69) is 45.3 Å². The van der Waals surface area contributed by atoms with Gasteiger partial charge in [0.25, 0.3) is 0 Å². The lowest BCUT2D eigenvalue weighted by molar-refractivity contribution is -0.118. The molecule has 0 aliphatic carbocycles. The Hall–Kier alpha value is -1.51. The summed E-state index contributed by atoms with van der Waals surface area (Å²) in [5.41, 5.74) is 1.36. The number of amides is 2. The first kappa shape index (κ1) is 34.7. The highest BCUT2D eigenvalue weighted by atomic mass is 32.2. The lowest BCUT2D eigenvalue weighted by Gasteiger charge is -2.39. The standard InChI is InChI=1S/C30H52N4O3S.C2H6/c1-7-9-22(2)18-23(3)28(35)32-25-19-26-10-11-27(20-25)34(26)38-21-24-12-16-33(17-13-24)15-8-14-31-29(36)37-30(4,5)6;1-2/h18,24-27H,2,7-17,19-21H2,1,3-6H3,(H,31,36)(H,32,35);1-2H3/b23-18+;. The summed E-state index contributed by atoms with van der Waals surface area (Å²) in [6, 6.07) is 1.45. The van der Waals surface area contributed by atoms with E-state index < -0.39 is 5.60 Å². The molecule has 0 spiro atoms. The van der Waals surface area contributed by atoms with Gasteiger partial charge in [0.05, 0.1) is 0 Å². The van der Waals surface area contributed by atoms with Gasteiger partial charge in [-0.15, -0.1) is 0 Å². The van der Waals surface area contributed by atoms with Gasteiger partial charge >= 0.3 is 6.09 Å². The maximum atomic E-state index is 12.7. The Balaban J connectivity index is 0.00000274. The van der Waals surface area contributed by atoms with E-state index in [1.54, 1.807) is 0 Å². The van der Waals surface area contributed by atoms with Gasteiger partial charge < -0.3 is 20.3 Å². The predicted octanol–water partition coefficient (Wildman–Crippen LogP) is 6.70. The summed E-state index contributed by atoms with van der Waals surface area (Å²) in [4.78, 5) is 27.0. The predicted molar refractivity (Wildman–Crippen MR) is 169 cm³/mol. The quantitative estimate of drug-likeness (QED) is 0.116. The molecule has 0 radical (unpaired) electrons. The average molecular weight is 579 g/mol. The topological polar surface area (TPSA) is 73.9 Å². The first-order valence-corrected chi connectivity index (χ1v) is 16.8. The van der Waals surface area contributed by atoms with Crippen LogP contribution in [0.3, 0.4) is 0 Å². The second-order valence-electron chi connectivity index (χ2n) is 12.5. The molecule has 2 atom stereocenters. The first-order chi connectivity index (χ1) is 19.0. The van der Waals surface area contributed by atoms with E-state index >= 15 is 0 Å². The highest BCUT2D eigenvalue weighted by Gasteiger charge is 2.41. The molecule has 3 saturated heterocycles. The molecule has 3 fully saturated rings. The van der Waals surface area contributed by atoms with Gasteiger partial charge in [-0.2, -0.15) is 0 Å². The number of piperidine rings is 2. The molecule has 0 aromatic carbocycles. The van der Waals surface area contributed by atoms with Crippen molar-refractivity contribution in [2.24, 2.45) is 5.92 Å². The summed E-state index contributed by atoms with van der Waals surface area (Å²) in [5.74, 6) is 2.05. The summed E-state index contributed by atoms with van der Waals surface area (Å²) in [6.45, 7) is 21.7. The Labute approximate surface area is 249 Å². The van der Waals surface area contributed by atoms with Crippen LogP contribution >= 0.6 is 11.9 Å². The van der Waals surface area contributed by atoms with Gasteiger partial charge in [0.2, 0.25) is 5.91 Å². The third kappa shape index (κ3) is 12.2. The van der Waals surface area contributed by atoms with Crippen LogP contribution in [0.15, 0.2) is 23.8 Å². The fraction of sp³-hybridized carbons (Fsp3) is 0.812. The molecule has 0 aromatic rings. The van der Waals surface area contributed by atoms with Gasteiger partial charge in [-0.3, -0.25) is 4.79 Å². The fourth-order valence-electron chi connectivity index (χ4n) is 5.90. The normalized spacial score (nSPS) is 24.2. The summed E-state index contributed by atoms with van der Waals surface area (Å²) < 4.78 is 7.98. The van der Waals surface area contributed by atoms with Crippen LogP contribution in [-0.4, -0.2) is 76.9 Å². The number of hydrogen-bond acceptors (Lipinski definition) is 6. The number of allylic oxidation sites excluding steroid dienone is 2. The molecule has 2 N–H and O–H groups in total. The van der Waals surface area contributed by atoms with Gasteiger partial charge in [0.1, 0.15) is 5.60 Å². The monoisotopic (exact) mass is 578 g/mol. The molecule has 40 heavy (non-hydrogen) atoms. The number of carbonyl (C=O) groups excluding carboxylic acids is 2. The van der Waals surface area contributed by atoms with E-state index in [1.807, 2.05) is 47.6 Å². The zero-order chi connectivity index (χ0) is 29.7.